The highest BCUT2D eigenvalue weighted by Crippen LogP contribution is 2.29. The van der Waals surface area contributed by atoms with E-state index in [-0.39, 0.29) is 0 Å². The lowest BCUT2D eigenvalue weighted by molar-refractivity contribution is 0.364. The van der Waals surface area contributed by atoms with Crippen LogP contribution >= 0.6 is 11.6 Å². The van der Waals surface area contributed by atoms with Crippen LogP contribution in [0.3, 0.4) is 0 Å². The van der Waals surface area contributed by atoms with Crippen molar-refractivity contribution in [2.24, 2.45) is 11.8 Å². The molecule has 0 unspecified atom stereocenters. The Morgan fingerprint density at radius 3 is 2.48 bits per heavy atom. The molecule has 1 saturated carbocycles. The van der Waals surface area contributed by atoms with Gasteiger partial charge in [-0.3, -0.25) is 4.98 Å². The van der Waals surface area contributed by atoms with Gasteiger partial charge in [0.2, 0.25) is 0 Å². The van der Waals surface area contributed by atoms with Crippen molar-refractivity contribution >= 4 is 11.6 Å². The number of hydrogen-bond donors (Lipinski definition) is 0. The Kier molecular flexibility index (Phi) is 6.31. The molecule has 0 amide bonds. The van der Waals surface area contributed by atoms with Gasteiger partial charge in [-0.25, -0.2) is 0 Å². The summed E-state index contributed by atoms with van der Waals surface area (Å²) in [6, 6.07) is 11.8. The van der Waals surface area contributed by atoms with Gasteiger partial charge in [0.15, 0.2) is 0 Å². The van der Waals surface area contributed by atoms with Crippen molar-refractivity contribution < 1.29 is 0 Å². The lowest BCUT2D eigenvalue weighted by Crippen LogP contribution is -2.11. The number of pyridine rings is 1. The third-order valence-corrected chi connectivity index (χ3v) is 4.99. The average molecular weight is 350 g/mol. The van der Waals surface area contributed by atoms with Crippen LogP contribution in [0, 0.1) is 23.7 Å². The third kappa shape index (κ3) is 5.21. The van der Waals surface area contributed by atoms with E-state index in [1.807, 2.05) is 36.5 Å². The van der Waals surface area contributed by atoms with Gasteiger partial charge in [-0.15, -0.1) is 0 Å². The van der Waals surface area contributed by atoms with Crippen molar-refractivity contribution in [3.63, 3.8) is 0 Å². The normalized spacial score (nSPS) is 20.2. The summed E-state index contributed by atoms with van der Waals surface area (Å²) in [6.07, 6.45) is 12.6. The summed E-state index contributed by atoms with van der Waals surface area (Å²) < 4.78 is 0. The van der Waals surface area contributed by atoms with E-state index in [4.69, 9.17) is 11.6 Å². The zero-order chi connectivity index (χ0) is 17.5. The molecule has 2 aromatic rings. The maximum atomic E-state index is 5.93. The molecule has 0 N–H and O–H groups in total. The molecule has 25 heavy (non-hydrogen) atoms. The molecule has 2 heteroatoms. The van der Waals surface area contributed by atoms with Gasteiger partial charge in [-0.2, -0.15) is 0 Å². The second-order valence-electron chi connectivity index (χ2n) is 6.66. The minimum Gasteiger partial charge on any atom is -0.255 e. The Labute approximate surface area is 156 Å². The van der Waals surface area contributed by atoms with Gasteiger partial charge >= 0.3 is 0 Å². The molecule has 1 fully saturated rings. The van der Waals surface area contributed by atoms with Crippen molar-refractivity contribution in [3.8, 4) is 23.1 Å². The Morgan fingerprint density at radius 2 is 1.84 bits per heavy atom. The lowest BCUT2D eigenvalue weighted by atomic mass is 9.82. The minimum atomic E-state index is 0.530. The predicted molar refractivity (Wildman–Crippen MR) is 106 cm³/mol. The minimum absolute atomic E-state index is 0.530. The first kappa shape index (κ1) is 17.8. The van der Waals surface area contributed by atoms with Gasteiger partial charge in [-0.05, 0) is 62.3 Å². The fourth-order valence-corrected chi connectivity index (χ4v) is 3.36. The summed E-state index contributed by atoms with van der Waals surface area (Å²) in [5.41, 5.74) is 3.01. The molecule has 1 aliphatic rings. The molecule has 3 rings (SSSR count). The van der Waals surface area contributed by atoms with Crippen molar-refractivity contribution in [2.45, 2.75) is 39.0 Å². The summed E-state index contributed by atoms with van der Waals surface area (Å²) in [6.45, 7) is 2.19. The fourth-order valence-electron chi connectivity index (χ4n) is 3.23. The summed E-state index contributed by atoms with van der Waals surface area (Å²) in [7, 11) is 0. The summed E-state index contributed by atoms with van der Waals surface area (Å²) in [5.74, 6) is 8.05. The van der Waals surface area contributed by atoms with Gasteiger partial charge in [0.1, 0.15) is 0 Å². The number of halogens is 1. The number of hydrogen-bond acceptors (Lipinski definition) is 1. The Hall–Kier alpha value is -2.04. The van der Waals surface area contributed by atoms with E-state index in [2.05, 4.69) is 42.0 Å². The lowest BCUT2D eigenvalue weighted by Gasteiger charge is -2.23. The third-order valence-electron chi connectivity index (χ3n) is 4.74. The number of benzene rings is 1. The van der Waals surface area contributed by atoms with Gasteiger partial charge in [-0.1, -0.05) is 54.7 Å². The molecule has 1 aromatic heterocycles. The molecule has 0 radical (unpaired) electrons. The highest BCUT2D eigenvalue weighted by molar-refractivity contribution is 6.30. The molecule has 1 nitrogen and oxygen atoms in total. The van der Waals surface area contributed by atoms with Crippen LogP contribution in [-0.4, -0.2) is 4.98 Å². The van der Waals surface area contributed by atoms with Gasteiger partial charge < -0.3 is 0 Å². The number of nitrogens with zero attached hydrogens (tertiary/aromatic N) is 1. The maximum absolute atomic E-state index is 5.93. The molecular weight excluding hydrogens is 326 g/mol. The first-order valence-corrected chi connectivity index (χ1v) is 9.52. The fraction of sp³-hybridized carbons (Fsp3) is 0.348. The molecule has 0 bridgehead atoms. The highest BCUT2D eigenvalue weighted by atomic mass is 35.5. The SMILES string of the molecule is CC/C=C/C1CCC(C#Cc2ccc(-c3ccc(Cl)cc3)nc2)CC1. The number of aromatic nitrogens is 1. The topological polar surface area (TPSA) is 12.9 Å². The van der Waals surface area contributed by atoms with Crippen molar-refractivity contribution in [2.75, 3.05) is 0 Å². The van der Waals surface area contributed by atoms with Crippen LogP contribution in [0.2, 0.25) is 5.02 Å². The molecule has 0 spiro atoms. The van der Waals surface area contributed by atoms with E-state index < -0.39 is 0 Å². The smallest absolute Gasteiger partial charge is 0.0702 e. The molecule has 128 valence electrons. The van der Waals surface area contributed by atoms with E-state index >= 15 is 0 Å². The summed E-state index contributed by atoms with van der Waals surface area (Å²) in [5, 5.41) is 0.742. The monoisotopic (exact) mass is 349 g/mol. The first-order valence-electron chi connectivity index (χ1n) is 9.15. The number of rotatable bonds is 3. The largest absolute Gasteiger partial charge is 0.255 e. The van der Waals surface area contributed by atoms with E-state index in [1.54, 1.807) is 0 Å². The summed E-state index contributed by atoms with van der Waals surface area (Å²) >= 11 is 5.93. The second-order valence-corrected chi connectivity index (χ2v) is 7.09. The quantitative estimate of drug-likeness (QED) is 0.453. The molecular formula is C23H24ClN. The molecule has 0 aliphatic heterocycles. The van der Waals surface area contributed by atoms with Crippen LogP contribution in [0.5, 0.6) is 0 Å². The van der Waals surface area contributed by atoms with Crippen LogP contribution in [0.15, 0.2) is 54.7 Å². The first-order chi connectivity index (χ1) is 12.2. The van der Waals surface area contributed by atoms with Crippen molar-refractivity contribution in [1.29, 1.82) is 0 Å². The predicted octanol–water partition coefficient (Wildman–Crippen LogP) is 6.53. The van der Waals surface area contributed by atoms with Crippen LogP contribution in [0.1, 0.15) is 44.6 Å². The molecule has 1 heterocycles. The van der Waals surface area contributed by atoms with E-state index in [0.29, 0.717) is 5.92 Å². The van der Waals surface area contributed by atoms with E-state index in [9.17, 15) is 0 Å². The number of allylic oxidation sites excluding steroid dienone is 2. The second kappa shape index (κ2) is 8.88. The van der Waals surface area contributed by atoms with Crippen molar-refractivity contribution in [3.05, 3.63) is 65.3 Å². The van der Waals surface area contributed by atoms with Crippen LogP contribution in [0.4, 0.5) is 0 Å². The Balaban J connectivity index is 1.58. The zero-order valence-corrected chi connectivity index (χ0v) is 15.5. The highest BCUT2D eigenvalue weighted by Gasteiger charge is 2.17. The molecule has 1 aromatic carbocycles. The van der Waals surface area contributed by atoms with E-state index in [0.717, 1.165) is 34.2 Å². The van der Waals surface area contributed by atoms with E-state index in [1.165, 1.54) is 25.7 Å². The van der Waals surface area contributed by atoms with Crippen LogP contribution < -0.4 is 0 Å². The maximum Gasteiger partial charge on any atom is 0.0702 e. The Bertz CT molecular complexity index is 754. The van der Waals surface area contributed by atoms with Gasteiger partial charge in [0, 0.05) is 28.3 Å². The Morgan fingerprint density at radius 1 is 1.08 bits per heavy atom. The van der Waals surface area contributed by atoms with Gasteiger partial charge in [0.05, 0.1) is 5.69 Å². The summed E-state index contributed by atoms with van der Waals surface area (Å²) in [4.78, 5) is 4.53. The molecule has 1 aliphatic carbocycles. The van der Waals surface area contributed by atoms with Crippen LogP contribution in [0.25, 0.3) is 11.3 Å². The van der Waals surface area contributed by atoms with Crippen LogP contribution in [-0.2, 0) is 0 Å². The average Bonchev–Trinajstić information content (AvgIpc) is 2.67. The van der Waals surface area contributed by atoms with Crippen molar-refractivity contribution in [1.82, 2.24) is 4.98 Å². The standard InChI is InChI=1S/C23H24ClN/c1-2-3-4-18-5-7-19(8-6-18)9-10-20-11-16-23(25-17-20)21-12-14-22(24)15-13-21/h3-4,11-19H,2,5-8H2,1H3/b4-3+. The molecule has 0 saturated heterocycles. The molecule has 0 atom stereocenters. The zero-order valence-electron chi connectivity index (χ0n) is 14.7. The van der Waals surface area contributed by atoms with Gasteiger partial charge in [0.25, 0.3) is 0 Å².